The van der Waals surface area contributed by atoms with Gasteiger partial charge < -0.3 is 15.1 Å². The van der Waals surface area contributed by atoms with Crippen LogP contribution in [0.4, 0.5) is 5.69 Å². The van der Waals surface area contributed by atoms with Crippen molar-refractivity contribution in [3.8, 4) is 0 Å². The lowest BCUT2D eigenvalue weighted by Gasteiger charge is -2.17. The highest BCUT2D eigenvalue weighted by molar-refractivity contribution is 6.34. The number of carbonyl (C=O) groups excluding carboxylic acids is 1. The maximum Gasteiger partial charge on any atom is 0.255 e. The molecule has 0 unspecified atom stereocenters. The number of nitrogens with two attached hydrogens (primary N) is 1. The number of hydrogen-bond acceptors (Lipinski definition) is 3. The van der Waals surface area contributed by atoms with Gasteiger partial charge in [0.25, 0.3) is 5.91 Å². The summed E-state index contributed by atoms with van der Waals surface area (Å²) in [5.41, 5.74) is 7.50. The van der Waals surface area contributed by atoms with E-state index in [1.807, 2.05) is 6.07 Å². The third-order valence-corrected chi connectivity index (χ3v) is 2.88. The van der Waals surface area contributed by atoms with Crippen LogP contribution in [0.3, 0.4) is 0 Å². The molecule has 1 aromatic heterocycles. The average Bonchev–Trinajstić information content (AvgIpc) is 2.81. The van der Waals surface area contributed by atoms with Gasteiger partial charge in [0.1, 0.15) is 0 Å². The van der Waals surface area contributed by atoms with Gasteiger partial charge in [-0.3, -0.25) is 4.79 Å². The maximum absolute atomic E-state index is 12.2. The highest BCUT2D eigenvalue weighted by Gasteiger charge is 2.15. The molecule has 0 fully saturated rings. The van der Waals surface area contributed by atoms with Gasteiger partial charge in [0.05, 0.1) is 23.1 Å². The number of nitrogen functional groups attached to an aromatic ring is 1. The van der Waals surface area contributed by atoms with Crippen LogP contribution in [0.2, 0.25) is 5.02 Å². The summed E-state index contributed by atoms with van der Waals surface area (Å²) in [4.78, 5) is 13.7. The summed E-state index contributed by atoms with van der Waals surface area (Å²) in [6.45, 7) is 0.468. The minimum atomic E-state index is -0.152. The lowest BCUT2D eigenvalue weighted by atomic mass is 10.1. The molecule has 1 heterocycles. The highest BCUT2D eigenvalue weighted by atomic mass is 35.5. The predicted octanol–water partition coefficient (Wildman–Crippen LogP) is 2.79. The van der Waals surface area contributed by atoms with Crippen molar-refractivity contribution in [1.29, 1.82) is 0 Å². The van der Waals surface area contributed by atoms with Crippen molar-refractivity contribution in [3.05, 3.63) is 52.9 Å². The molecule has 1 aromatic carbocycles. The second-order valence-electron chi connectivity index (χ2n) is 4.03. The van der Waals surface area contributed by atoms with Crippen molar-refractivity contribution < 1.29 is 9.21 Å². The number of furan rings is 1. The summed E-state index contributed by atoms with van der Waals surface area (Å²) in [6, 6.07) is 6.67. The van der Waals surface area contributed by atoms with E-state index in [9.17, 15) is 4.79 Å². The van der Waals surface area contributed by atoms with Gasteiger partial charge >= 0.3 is 0 Å². The van der Waals surface area contributed by atoms with Crippen LogP contribution >= 0.6 is 11.6 Å². The number of benzene rings is 1. The molecule has 94 valence electrons. The molecule has 1 amide bonds. The predicted molar refractivity (Wildman–Crippen MR) is 70.4 cm³/mol. The Bertz CT molecular complexity index is 552. The zero-order valence-corrected chi connectivity index (χ0v) is 10.6. The van der Waals surface area contributed by atoms with Gasteiger partial charge in [0.2, 0.25) is 0 Å². The Morgan fingerprint density at radius 2 is 2.22 bits per heavy atom. The zero-order chi connectivity index (χ0) is 13.1. The van der Waals surface area contributed by atoms with E-state index in [4.69, 9.17) is 21.8 Å². The smallest absolute Gasteiger partial charge is 0.255 e. The molecule has 0 radical (unpaired) electrons. The van der Waals surface area contributed by atoms with Crippen LogP contribution in [0.25, 0.3) is 0 Å². The molecule has 0 saturated heterocycles. The van der Waals surface area contributed by atoms with E-state index in [0.29, 0.717) is 22.8 Å². The number of amides is 1. The first kappa shape index (κ1) is 12.5. The summed E-state index contributed by atoms with van der Waals surface area (Å²) in [5, 5.41) is 0.360. The molecule has 0 atom stereocenters. The van der Waals surface area contributed by atoms with E-state index < -0.39 is 0 Å². The number of anilines is 1. The first-order valence-electron chi connectivity index (χ1n) is 5.39. The monoisotopic (exact) mass is 264 g/mol. The molecule has 0 spiro atoms. The number of hydrogen-bond donors (Lipinski definition) is 1. The zero-order valence-electron chi connectivity index (χ0n) is 9.89. The minimum Gasteiger partial charge on any atom is -0.472 e. The summed E-state index contributed by atoms with van der Waals surface area (Å²) in [7, 11) is 1.71. The summed E-state index contributed by atoms with van der Waals surface area (Å²) >= 11 is 6.00. The first-order chi connectivity index (χ1) is 8.58. The Morgan fingerprint density at radius 3 is 2.83 bits per heavy atom. The fourth-order valence-electron chi connectivity index (χ4n) is 1.64. The van der Waals surface area contributed by atoms with Crippen molar-refractivity contribution in [1.82, 2.24) is 4.90 Å². The standard InChI is InChI=1S/C13H13ClN2O2/c1-16(7-9-4-5-18-8-9)13(17)11-3-2-10(15)6-12(11)14/h2-6,8H,7,15H2,1H3. The molecule has 0 saturated carbocycles. The topological polar surface area (TPSA) is 59.5 Å². The van der Waals surface area contributed by atoms with E-state index in [1.165, 1.54) is 0 Å². The molecule has 0 bridgehead atoms. The maximum atomic E-state index is 12.2. The minimum absolute atomic E-state index is 0.152. The molecule has 0 aliphatic heterocycles. The van der Waals surface area contributed by atoms with Gasteiger partial charge in [-0.1, -0.05) is 11.6 Å². The van der Waals surface area contributed by atoms with Gasteiger partial charge in [-0.05, 0) is 24.3 Å². The van der Waals surface area contributed by atoms with Crippen molar-refractivity contribution in [3.63, 3.8) is 0 Å². The summed E-state index contributed by atoms with van der Waals surface area (Å²) in [5.74, 6) is -0.152. The second kappa shape index (κ2) is 5.14. The van der Waals surface area contributed by atoms with E-state index in [2.05, 4.69) is 0 Å². The lowest BCUT2D eigenvalue weighted by molar-refractivity contribution is 0.0785. The van der Waals surface area contributed by atoms with Crippen LogP contribution in [0.5, 0.6) is 0 Å². The molecular formula is C13H13ClN2O2. The molecular weight excluding hydrogens is 252 g/mol. The average molecular weight is 265 g/mol. The molecule has 18 heavy (non-hydrogen) atoms. The van der Waals surface area contributed by atoms with Crippen LogP contribution in [-0.2, 0) is 6.54 Å². The fraction of sp³-hybridized carbons (Fsp3) is 0.154. The van der Waals surface area contributed by atoms with E-state index in [1.54, 1.807) is 42.7 Å². The summed E-state index contributed by atoms with van der Waals surface area (Å²) in [6.07, 6.45) is 3.18. The molecule has 5 heteroatoms. The van der Waals surface area contributed by atoms with Gasteiger partial charge in [-0.25, -0.2) is 0 Å². The number of nitrogens with zero attached hydrogens (tertiary/aromatic N) is 1. The third-order valence-electron chi connectivity index (χ3n) is 2.57. The van der Waals surface area contributed by atoms with Crippen molar-refractivity contribution in [2.75, 3.05) is 12.8 Å². The molecule has 2 rings (SSSR count). The Hall–Kier alpha value is -1.94. The van der Waals surface area contributed by atoms with Crippen molar-refractivity contribution in [2.45, 2.75) is 6.54 Å². The molecule has 2 N–H and O–H groups in total. The SMILES string of the molecule is CN(Cc1ccoc1)C(=O)c1ccc(N)cc1Cl. The molecule has 0 aliphatic carbocycles. The van der Waals surface area contributed by atoms with Gasteiger partial charge in [-0.2, -0.15) is 0 Å². The Labute approximate surface area is 110 Å². The van der Waals surface area contributed by atoms with Gasteiger partial charge in [0, 0.05) is 24.8 Å². The van der Waals surface area contributed by atoms with Crippen molar-refractivity contribution in [2.24, 2.45) is 0 Å². The van der Waals surface area contributed by atoms with Crippen LogP contribution in [0.15, 0.2) is 41.2 Å². The summed E-state index contributed by atoms with van der Waals surface area (Å²) < 4.78 is 4.96. The van der Waals surface area contributed by atoms with Crippen LogP contribution < -0.4 is 5.73 Å². The van der Waals surface area contributed by atoms with E-state index in [-0.39, 0.29) is 5.91 Å². The number of carbonyl (C=O) groups is 1. The Morgan fingerprint density at radius 1 is 1.44 bits per heavy atom. The van der Waals surface area contributed by atoms with Crippen LogP contribution in [0.1, 0.15) is 15.9 Å². The molecule has 0 aliphatic rings. The number of rotatable bonds is 3. The largest absolute Gasteiger partial charge is 0.472 e. The number of halogens is 1. The fourth-order valence-corrected chi connectivity index (χ4v) is 1.91. The van der Waals surface area contributed by atoms with Gasteiger partial charge in [-0.15, -0.1) is 0 Å². The van der Waals surface area contributed by atoms with Crippen molar-refractivity contribution >= 4 is 23.2 Å². The van der Waals surface area contributed by atoms with Gasteiger partial charge in [0.15, 0.2) is 0 Å². The molecule has 4 nitrogen and oxygen atoms in total. The second-order valence-corrected chi connectivity index (χ2v) is 4.44. The Balaban J connectivity index is 2.15. The Kier molecular flexibility index (Phi) is 3.58. The normalized spacial score (nSPS) is 10.3. The quantitative estimate of drug-likeness (QED) is 0.867. The van der Waals surface area contributed by atoms with Crippen LogP contribution in [0, 0.1) is 0 Å². The van der Waals surface area contributed by atoms with E-state index >= 15 is 0 Å². The van der Waals surface area contributed by atoms with E-state index in [0.717, 1.165) is 5.56 Å². The van der Waals surface area contributed by atoms with Crippen LogP contribution in [-0.4, -0.2) is 17.9 Å². The lowest BCUT2D eigenvalue weighted by Crippen LogP contribution is -2.26. The molecule has 2 aromatic rings. The third kappa shape index (κ3) is 2.65. The first-order valence-corrected chi connectivity index (χ1v) is 5.77. The highest BCUT2D eigenvalue weighted by Crippen LogP contribution is 2.21.